The van der Waals surface area contributed by atoms with Gasteiger partial charge in [-0.3, -0.25) is 0 Å². The molecule has 0 amide bonds. The van der Waals surface area contributed by atoms with Crippen molar-refractivity contribution < 1.29 is 0 Å². The lowest BCUT2D eigenvalue weighted by Gasteiger charge is -2.47. The molecule has 14 heavy (non-hydrogen) atoms. The highest BCUT2D eigenvalue weighted by atomic mass is 15.2. The summed E-state index contributed by atoms with van der Waals surface area (Å²) in [5.41, 5.74) is 2.41. The molecule has 1 aromatic rings. The van der Waals surface area contributed by atoms with Gasteiger partial charge in [0.2, 0.25) is 0 Å². The number of hydrogen-bond donors (Lipinski definition) is 0. The van der Waals surface area contributed by atoms with E-state index in [-0.39, 0.29) is 0 Å². The van der Waals surface area contributed by atoms with Gasteiger partial charge in [-0.05, 0) is 29.7 Å². The van der Waals surface area contributed by atoms with E-state index in [2.05, 4.69) is 24.8 Å². The third kappa shape index (κ3) is 1.58. The van der Waals surface area contributed by atoms with E-state index in [9.17, 15) is 0 Å². The molecular weight excluding hydrogens is 172 g/mol. The van der Waals surface area contributed by atoms with Gasteiger partial charge in [0.1, 0.15) is 0 Å². The zero-order chi connectivity index (χ0) is 10.2. The zero-order valence-corrected chi connectivity index (χ0v) is 8.62. The van der Waals surface area contributed by atoms with Crippen molar-refractivity contribution in [2.24, 2.45) is 5.41 Å². The highest BCUT2D eigenvalue weighted by Gasteiger charge is 2.33. The van der Waals surface area contributed by atoms with Gasteiger partial charge in [-0.2, -0.15) is 5.26 Å². The first kappa shape index (κ1) is 9.08. The standard InChI is InChI=1S/C12H14N2/c1-12(2)8-14(9-12)11-5-3-10(7-13)4-6-11/h3-6H,8-9H2,1-2H3. The molecule has 0 aliphatic carbocycles. The van der Waals surface area contributed by atoms with Crippen LogP contribution in [0.2, 0.25) is 0 Å². The van der Waals surface area contributed by atoms with Crippen LogP contribution in [0, 0.1) is 16.7 Å². The van der Waals surface area contributed by atoms with Gasteiger partial charge in [0, 0.05) is 18.8 Å². The first-order chi connectivity index (χ1) is 6.61. The molecule has 1 aromatic carbocycles. The lowest BCUT2D eigenvalue weighted by molar-refractivity contribution is 0.276. The molecule has 0 N–H and O–H groups in total. The first-order valence-electron chi connectivity index (χ1n) is 4.86. The van der Waals surface area contributed by atoms with Crippen molar-refractivity contribution in [1.29, 1.82) is 5.26 Å². The predicted molar refractivity (Wildman–Crippen MR) is 57.2 cm³/mol. The quantitative estimate of drug-likeness (QED) is 0.673. The van der Waals surface area contributed by atoms with E-state index in [1.165, 1.54) is 5.69 Å². The molecule has 0 unspecified atom stereocenters. The van der Waals surface area contributed by atoms with E-state index < -0.39 is 0 Å². The van der Waals surface area contributed by atoms with Crippen molar-refractivity contribution in [3.05, 3.63) is 29.8 Å². The average Bonchev–Trinajstić information content (AvgIpc) is 2.14. The Kier molecular flexibility index (Phi) is 1.96. The second-order valence-corrected chi connectivity index (χ2v) is 4.68. The van der Waals surface area contributed by atoms with E-state index in [0.717, 1.165) is 18.7 Å². The van der Waals surface area contributed by atoms with Crippen LogP contribution in [-0.2, 0) is 0 Å². The summed E-state index contributed by atoms with van der Waals surface area (Å²) in [6, 6.07) is 9.92. The van der Waals surface area contributed by atoms with Crippen LogP contribution in [0.4, 0.5) is 5.69 Å². The summed E-state index contributed by atoms with van der Waals surface area (Å²) in [5, 5.41) is 8.66. The number of hydrogen-bond acceptors (Lipinski definition) is 2. The van der Waals surface area contributed by atoms with Gasteiger partial charge < -0.3 is 4.90 Å². The second kappa shape index (κ2) is 3.02. The van der Waals surface area contributed by atoms with E-state index in [1.807, 2.05) is 24.3 Å². The Hall–Kier alpha value is -1.49. The van der Waals surface area contributed by atoms with E-state index >= 15 is 0 Å². The number of nitrogens with zero attached hydrogens (tertiary/aromatic N) is 2. The van der Waals surface area contributed by atoms with Crippen LogP contribution in [0.1, 0.15) is 19.4 Å². The molecule has 0 bridgehead atoms. The second-order valence-electron chi connectivity index (χ2n) is 4.68. The predicted octanol–water partition coefficient (Wildman–Crippen LogP) is 2.40. The van der Waals surface area contributed by atoms with Gasteiger partial charge in [-0.1, -0.05) is 13.8 Å². The molecule has 1 fully saturated rings. The largest absolute Gasteiger partial charge is 0.370 e. The smallest absolute Gasteiger partial charge is 0.0991 e. The molecule has 1 aliphatic heterocycles. The lowest BCUT2D eigenvalue weighted by Crippen LogP contribution is -2.53. The fraction of sp³-hybridized carbons (Fsp3) is 0.417. The SMILES string of the molecule is CC1(C)CN(c2ccc(C#N)cc2)C1. The van der Waals surface area contributed by atoms with E-state index in [0.29, 0.717) is 5.41 Å². The van der Waals surface area contributed by atoms with Crippen LogP contribution < -0.4 is 4.90 Å². The maximum atomic E-state index is 8.66. The molecule has 2 rings (SSSR count). The minimum Gasteiger partial charge on any atom is -0.370 e. The summed E-state index contributed by atoms with van der Waals surface area (Å²) in [7, 11) is 0. The van der Waals surface area contributed by atoms with Gasteiger partial charge in [-0.25, -0.2) is 0 Å². The van der Waals surface area contributed by atoms with E-state index in [1.54, 1.807) is 0 Å². The van der Waals surface area contributed by atoms with Crippen molar-refractivity contribution >= 4 is 5.69 Å². The third-order valence-corrected chi connectivity index (χ3v) is 2.60. The van der Waals surface area contributed by atoms with Crippen molar-refractivity contribution in [3.8, 4) is 6.07 Å². The fourth-order valence-corrected chi connectivity index (χ4v) is 1.92. The monoisotopic (exact) mass is 186 g/mol. The summed E-state index contributed by atoms with van der Waals surface area (Å²) in [4.78, 5) is 2.33. The van der Waals surface area contributed by atoms with Crippen LogP contribution in [0.25, 0.3) is 0 Å². The minimum atomic E-state index is 0.452. The van der Waals surface area contributed by atoms with Crippen molar-refractivity contribution in [2.75, 3.05) is 18.0 Å². The Labute approximate surface area is 84.8 Å². The number of rotatable bonds is 1. The molecule has 0 aromatic heterocycles. The average molecular weight is 186 g/mol. The highest BCUT2D eigenvalue weighted by Crippen LogP contribution is 2.33. The Morgan fingerprint density at radius 1 is 1.21 bits per heavy atom. The minimum absolute atomic E-state index is 0.452. The van der Waals surface area contributed by atoms with Gasteiger partial charge in [0.25, 0.3) is 0 Å². The molecule has 1 saturated heterocycles. The summed E-state index contributed by atoms with van der Waals surface area (Å²) < 4.78 is 0. The first-order valence-corrected chi connectivity index (χ1v) is 4.86. The molecule has 2 heteroatoms. The molecule has 0 radical (unpaired) electrons. The molecule has 1 heterocycles. The van der Waals surface area contributed by atoms with Gasteiger partial charge in [0.05, 0.1) is 11.6 Å². The summed E-state index contributed by atoms with van der Waals surface area (Å²) >= 11 is 0. The summed E-state index contributed by atoms with van der Waals surface area (Å²) in [6.45, 7) is 6.76. The number of benzene rings is 1. The maximum absolute atomic E-state index is 8.66. The maximum Gasteiger partial charge on any atom is 0.0991 e. The number of nitriles is 1. The fourth-order valence-electron chi connectivity index (χ4n) is 1.92. The molecule has 2 nitrogen and oxygen atoms in total. The van der Waals surface area contributed by atoms with Crippen molar-refractivity contribution in [3.63, 3.8) is 0 Å². The summed E-state index contributed by atoms with van der Waals surface area (Å²) in [6.07, 6.45) is 0. The normalized spacial score (nSPS) is 18.5. The Bertz CT molecular complexity index is 362. The molecular formula is C12H14N2. The Balaban J connectivity index is 2.09. The summed E-state index contributed by atoms with van der Waals surface area (Å²) in [5.74, 6) is 0. The lowest BCUT2D eigenvalue weighted by atomic mass is 9.84. The molecule has 0 atom stereocenters. The third-order valence-electron chi connectivity index (χ3n) is 2.60. The van der Waals surface area contributed by atoms with E-state index in [4.69, 9.17) is 5.26 Å². The number of anilines is 1. The van der Waals surface area contributed by atoms with Crippen LogP contribution >= 0.6 is 0 Å². The molecule has 1 aliphatic rings. The van der Waals surface area contributed by atoms with Gasteiger partial charge in [-0.15, -0.1) is 0 Å². The van der Waals surface area contributed by atoms with Crippen LogP contribution in [0.5, 0.6) is 0 Å². The zero-order valence-electron chi connectivity index (χ0n) is 8.62. The molecule has 0 spiro atoms. The van der Waals surface area contributed by atoms with Gasteiger partial charge in [0.15, 0.2) is 0 Å². The molecule has 0 saturated carbocycles. The Morgan fingerprint density at radius 2 is 1.79 bits per heavy atom. The van der Waals surface area contributed by atoms with Crippen LogP contribution in [0.3, 0.4) is 0 Å². The van der Waals surface area contributed by atoms with Crippen LogP contribution in [0.15, 0.2) is 24.3 Å². The Morgan fingerprint density at radius 3 is 2.21 bits per heavy atom. The van der Waals surface area contributed by atoms with Gasteiger partial charge >= 0.3 is 0 Å². The topological polar surface area (TPSA) is 27.0 Å². The van der Waals surface area contributed by atoms with Crippen molar-refractivity contribution in [2.45, 2.75) is 13.8 Å². The molecule has 72 valence electrons. The van der Waals surface area contributed by atoms with Crippen LogP contribution in [-0.4, -0.2) is 13.1 Å². The highest BCUT2D eigenvalue weighted by molar-refractivity contribution is 5.52. The van der Waals surface area contributed by atoms with Crippen molar-refractivity contribution in [1.82, 2.24) is 0 Å².